The number of nitrogens with one attached hydrogen (secondary N) is 2. The number of anilines is 4. The van der Waals surface area contributed by atoms with Crippen LogP contribution in [-0.4, -0.2) is 122 Å². The molecule has 5 fully saturated rings. The molecule has 2 atom stereocenters. The molecule has 5 aliphatic rings. The molecular formula is C39H46N12O6. The van der Waals surface area contributed by atoms with Gasteiger partial charge in [-0.05, 0) is 67.7 Å². The molecule has 5 aliphatic heterocycles. The van der Waals surface area contributed by atoms with Crippen molar-refractivity contribution in [3.05, 3.63) is 65.1 Å². The maximum absolute atomic E-state index is 13.3. The molecule has 0 bridgehead atoms. The van der Waals surface area contributed by atoms with Crippen molar-refractivity contribution in [2.75, 3.05) is 67.5 Å². The van der Waals surface area contributed by atoms with Crippen LogP contribution in [-0.2, 0) is 21.4 Å². The first-order valence-electron chi connectivity index (χ1n) is 19.6. The van der Waals surface area contributed by atoms with Crippen LogP contribution in [0.1, 0.15) is 55.1 Å². The Bertz CT molecular complexity index is 2310. The third kappa shape index (κ3) is 7.13. The third-order valence-corrected chi connectivity index (χ3v) is 12.1. The Labute approximate surface area is 327 Å². The molecule has 3 aromatic heterocycles. The normalized spacial score (nSPS) is 22.8. The molecule has 1 spiro atoms. The number of nitrogens with zero attached hydrogens (tertiary/aromatic N) is 9. The monoisotopic (exact) mass is 778 g/mol. The van der Waals surface area contributed by atoms with Crippen molar-refractivity contribution in [1.29, 1.82) is 0 Å². The first kappa shape index (κ1) is 36.6. The van der Waals surface area contributed by atoms with Gasteiger partial charge in [-0.3, -0.25) is 39.0 Å². The quantitative estimate of drug-likeness (QED) is 0.207. The average molecular weight is 779 g/mol. The lowest BCUT2D eigenvalue weighted by Gasteiger charge is -2.48. The Balaban J connectivity index is 0.772. The standard InChI is InChI=1S/C39H46N12O6/c1-46-19-26(16-42-46)43-35-33(34(40)53)41-17-31(44-35)49-11-2-3-28(20-49)51-23-39(57-38(51)56)21-47(22-39)18-24-8-12-48(13-9-24)27-4-5-29-25(15-27)10-14-50(37(29)55)30-6-7-32(52)45-36(30)54/h4-5,10,14-17,19,24,28,30H,2-3,6-9,11-13,18,20-23H2,1H3,(H2,40,53)(H,43,44)(H,45,52,54). The van der Waals surface area contributed by atoms with Crippen molar-refractivity contribution < 1.29 is 23.9 Å². The Kier molecular flexibility index (Phi) is 9.29. The number of imide groups is 1. The summed E-state index contributed by atoms with van der Waals surface area (Å²) in [6.07, 6.45) is 10.6. The molecule has 4 N–H and O–H groups in total. The zero-order valence-electron chi connectivity index (χ0n) is 31.8. The van der Waals surface area contributed by atoms with Gasteiger partial charge in [-0.2, -0.15) is 5.10 Å². The molecule has 0 saturated carbocycles. The summed E-state index contributed by atoms with van der Waals surface area (Å²) in [5.41, 5.74) is 6.63. The fourth-order valence-electron chi connectivity index (χ4n) is 9.21. The minimum atomic E-state index is -0.686. The van der Waals surface area contributed by atoms with Gasteiger partial charge in [-0.15, -0.1) is 0 Å². The highest BCUT2D eigenvalue weighted by molar-refractivity contribution is 5.99. The zero-order valence-corrected chi connectivity index (χ0v) is 31.8. The number of piperidine rings is 3. The minimum Gasteiger partial charge on any atom is -0.438 e. The van der Waals surface area contributed by atoms with Crippen molar-refractivity contribution in [3.8, 4) is 0 Å². The van der Waals surface area contributed by atoms with Crippen LogP contribution < -0.4 is 31.7 Å². The molecule has 4 aromatic rings. The zero-order chi connectivity index (χ0) is 39.4. The number of aromatic nitrogens is 5. The molecule has 18 heteroatoms. The highest BCUT2D eigenvalue weighted by atomic mass is 16.6. The Morgan fingerprint density at radius 3 is 2.60 bits per heavy atom. The maximum atomic E-state index is 13.3. The average Bonchev–Trinajstić information content (AvgIpc) is 3.77. The number of fused-ring (bicyclic) bond motifs is 1. The molecule has 8 heterocycles. The van der Waals surface area contributed by atoms with Crippen molar-refractivity contribution in [1.82, 2.24) is 39.4 Å². The minimum absolute atomic E-state index is 0.0371. The highest BCUT2D eigenvalue weighted by Gasteiger charge is 2.55. The number of pyridine rings is 1. The van der Waals surface area contributed by atoms with E-state index in [4.69, 9.17) is 15.5 Å². The largest absolute Gasteiger partial charge is 0.438 e. The number of likely N-dealkylation sites (tertiary alicyclic amines) is 1. The topological polar surface area (TPSA) is 206 Å². The second-order valence-corrected chi connectivity index (χ2v) is 16.1. The number of carbonyl (C=O) groups is 4. The van der Waals surface area contributed by atoms with Gasteiger partial charge < -0.3 is 30.2 Å². The predicted molar refractivity (Wildman–Crippen MR) is 209 cm³/mol. The lowest BCUT2D eigenvalue weighted by Crippen LogP contribution is -2.65. The smallest absolute Gasteiger partial charge is 0.410 e. The SMILES string of the molecule is Cn1cc(Nc2nc(N3CCCC(N4CC5(CN(CC6CCN(c7ccc8c(=O)n(C9CCC(=O)NC9=O)ccc8c7)CC6)C5)OC4=O)C3)cnc2C(N)=O)cn1. The summed E-state index contributed by atoms with van der Waals surface area (Å²) in [5.74, 6) is -0.0557. The van der Waals surface area contributed by atoms with Gasteiger partial charge in [0.05, 0.1) is 30.7 Å². The van der Waals surface area contributed by atoms with Gasteiger partial charge in [0.15, 0.2) is 17.1 Å². The molecule has 18 nitrogen and oxygen atoms in total. The molecule has 1 aromatic carbocycles. The summed E-state index contributed by atoms with van der Waals surface area (Å²) >= 11 is 0. The van der Waals surface area contributed by atoms with Gasteiger partial charge in [0.25, 0.3) is 11.5 Å². The summed E-state index contributed by atoms with van der Waals surface area (Å²) in [5, 5.41) is 11.0. The summed E-state index contributed by atoms with van der Waals surface area (Å²) in [6.45, 7) is 6.06. The predicted octanol–water partition coefficient (Wildman–Crippen LogP) is 1.74. The maximum Gasteiger partial charge on any atom is 0.410 e. The summed E-state index contributed by atoms with van der Waals surface area (Å²) in [7, 11) is 1.79. The van der Waals surface area contributed by atoms with Crippen LogP contribution >= 0.6 is 0 Å². The van der Waals surface area contributed by atoms with Crippen LogP contribution in [0.4, 0.5) is 27.8 Å². The lowest BCUT2D eigenvalue weighted by atomic mass is 9.89. The van der Waals surface area contributed by atoms with E-state index in [1.165, 1.54) is 4.57 Å². The van der Waals surface area contributed by atoms with E-state index in [2.05, 4.69) is 35.4 Å². The van der Waals surface area contributed by atoms with Crippen molar-refractivity contribution in [3.63, 3.8) is 0 Å². The molecule has 0 aliphatic carbocycles. The fourth-order valence-corrected chi connectivity index (χ4v) is 9.21. The number of hydrogen-bond acceptors (Lipinski definition) is 13. The van der Waals surface area contributed by atoms with Crippen LogP contribution in [0, 0.1) is 5.92 Å². The lowest BCUT2D eigenvalue weighted by molar-refractivity contribution is -0.135. The molecule has 298 valence electrons. The van der Waals surface area contributed by atoms with E-state index in [0.717, 1.165) is 76.0 Å². The van der Waals surface area contributed by atoms with E-state index in [-0.39, 0.29) is 41.5 Å². The number of ether oxygens (including phenoxy) is 1. The van der Waals surface area contributed by atoms with Crippen LogP contribution in [0.25, 0.3) is 10.8 Å². The molecule has 57 heavy (non-hydrogen) atoms. The number of benzene rings is 1. The Morgan fingerprint density at radius 2 is 1.84 bits per heavy atom. The second kappa shape index (κ2) is 14.5. The van der Waals surface area contributed by atoms with Gasteiger partial charge >= 0.3 is 6.09 Å². The summed E-state index contributed by atoms with van der Waals surface area (Å²) < 4.78 is 9.15. The van der Waals surface area contributed by atoms with Crippen LogP contribution in [0.2, 0.25) is 0 Å². The molecule has 9 rings (SSSR count). The molecule has 0 radical (unpaired) electrons. The van der Waals surface area contributed by atoms with Gasteiger partial charge in [-0.1, -0.05) is 0 Å². The number of aryl methyl sites for hydroxylation is 1. The number of amides is 4. The van der Waals surface area contributed by atoms with E-state index < -0.39 is 23.5 Å². The van der Waals surface area contributed by atoms with Gasteiger partial charge in [-0.25, -0.2) is 14.8 Å². The van der Waals surface area contributed by atoms with E-state index >= 15 is 0 Å². The number of rotatable bonds is 9. The number of hydrogen-bond donors (Lipinski definition) is 3. The summed E-state index contributed by atoms with van der Waals surface area (Å²) in [6, 6.07) is 7.01. The molecule has 5 saturated heterocycles. The molecule has 4 amide bonds. The van der Waals surface area contributed by atoms with E-state index in [1.54, 1.807) is 36.5 Å². The molecule has 2 unspecified atom stereocenters. The first-order valence-corrected chi connectivity index (χ1v) is 19.6. The number of nitrogens with two attached hydrogens (primary N) is 1. The third-order valence-electron chi connectivity index (χ3n) is 12.1. The van der Waals surface area contributed by atoms with E-state index in [9.17, 15) is 24.0 Å². The van der Waals surface area contributed by atoms with Crippen molar-refractivity contribution in [2.24, 2.45) is 18.7 Å². The highest BCUT2D eigenvalue weighted by Crippen LogP contribution is 2.37. The van der Waals surface area contributed by atoms with Crippen molar-refractivity contribution >= 4 is 57.6 Å². The Hall–Kier alpha value is -6.04. The Morgan fingerprint density at radius 1 is 1.02 bits per heavy atom. The van der Waals surface area contributed by atoms with Gasteiger partial charge in [0.1, 0.15) is 11.9 Å². The molecular weight excluding hydrogens is 733 g/mol. The first-order chi connectivity index (χ1) is 27.5. The van der Waals surface area contributed by atoms with Crippen molar-refractivity contribution in [2.45, 2.75) is 56.2 Å². The van der Waals surface area contributed by atoms with Crippen LogP contribution in [0.3, 0.4) is 0 Å². The van der Waals surface area contributed by atoms with E-state index in [1.807, 2.05) is 29.2 Å². The van der Waals surface area contributed by atoms with E-state index in [0.29, 0.717) is 42.3 Å². The van der Waals surface area contributed by atoms with Crippen LogP contribution in [0.15, 0.2) is 53.8 Å². The number of carbonyl (C=O) groups excluding carboxylic acids is 4. The van der Waals surface area contributed by atoms with Gasteiger partial charge in [0.2, 0.25) is 11.8 Å². The second-order valence-electron chi connectivity index (χ2n) is 16.1. The number of primary amides is 1. The van der Waals surface area contributed by atoms with Crippen LogP contribution in [0.5, 0.6) is 0 Å². The van der Waals surface area contributed by atoms with Gasteiger partial charge in [0, 0.05) is 82.7 Å². The fraction of sp³-hybridized carbons (Fsp3) is 0.487. The summed E-state index contributed by atoms with van der Waals surface area (Å²) in [4.78, 5) is 80.5.